The van der Waals surface area contributed by atoms with E-state index in [2.05, 4.69) is 22.9 Å². The molecule has 1 aromatic rings. The molecule has 0 aliphatic carbocycles. The van der Waals surface area contributed by atoms with Gasteiger partial charge >= 0.3 is 0 Å². The first-order valence-electron chi connectivity index (χ1n) is 2.42. The third-order valence-corrected chi connectivity index (χ3v) is 1.06. The van der Waals surface area contributed by atoms with Crippen LogP contribution >= 0.6 is 12.6 Å². The molecule has 0 saturated carbocycles. The maximum atomic E-state index is 3.96. The van der Waals surface area contributed by atoms with E-state index in [4.69, 9.17) is 0 Å². The largest absolute Gasteiger partial charge is 0.252 e. The zero-order valence-corrected chi connectivity index (χ0v) is 5.47. The van der Waals surface area contributed by atoms with Crippen LogP contribution in [0.1, 0.15) is 6.92 Å². The molecule has 0 aliphatic heterocycles. The van der Waals surface area contributed by atoms with Crippen molar-refractivity contribution in [1.82, 2.24) is 15.0 Å². The van der Waals surface area contributed by atoms with Gasteiger partial charge in [0.05, 0.1) is 6.20 Å². The van der Waals surface area contributed by atoms with Crippen molar-refractivity contribution in [1.29, 1.82) is 0 Å². The van der Waals surface area contributed by atoms with E-state index in [0.717, 1.165) is 6.54 Å². The highest BCUT2D eigenvalue weighted by Gasteiger charge is 1.88. The SMILES string of the molecule is CCn1cc(S)nn1. The summed E-state index contributed by atoms with van der Waals surface area (Å²) in [6, 6.07) is 0. The Morgan fingerprint density at radius 3 is 2.88 bits per heavy atom. The summed E-state index contributed by atoms with van der Waals surface area (Å²) < 4.78 is 1.72. The fourth-order valence-electron chi connectivity index (χ4n) is 0.443. The first kappa shape index (κ1) is 5.62. The molecule has 0 aliphatic rings. The van der Waals surface area contributed by atoms with E-state index in [1.54, 1.807) is 10.9 Å². The molecule has 4 heteroatoms. The molecule has 0 N–H and O–H groups in total. The lowest BCUT2D eigenvalue weighted by atomic mass is 10.7. The van der Waals surface area contributed by atoms with E-state index in [0.29, 0.717) is 5.03 Å². The van der Waals surface area contributed by atoms with Gasteiger partial charge in [-0.05, 0) is 6.92 Å². The lowest BCUT2D eigenvalue weighted by Crippen LogP contribution is -1.93. The minimum Gasteiger partial charge on any atom is -0.252 e. The Balaban J connectivity index is 2.84. The van der Waals surface area contributed by atoms with Crippen LogP contribution in [0.15, 0.2) is 11.2 Å². The van der Waals surface area contributed by atoms with Gasteiger partial charge in [0, 0.05) is 6.54 Å². The molecular formula is C4H7N3S. The fourth-order valence-corrected chi connectivity index (χ4v) is 0.616. The minimum absolute atomic E-state index is 0.673. The molecule has 0 radical (unpaired) electrons. The molecule has 44 valence electrons. The zero-order valence-electron chi connectivity index (χ0n) is 4.57. The Morgan fingerprint density at radius 1 is 1.88 bits per heavy atom. The second-order valence-corrected chi connectivity index (χ2v) is 1.89. The maximum absolute atomic E-state index is 3.96. The van der Waals surface area contributed by atoms with Crippen LogP contribution in [-0.2, 0) is 6.54 Å². The molecule has 8 heavy (non-hydrogen) atoms. The van der Waals surface area contributed by atoms with Gasteiger partial charge in [-0.3, -0.25) is 4.68 Å². The molecule has 0 unspecified atom stereocenters. The highest BCUT2D eigenvalue weighted by atomic mass is 32.1. The van der Waals surface area contributed by atoms with Crippen molar-refractivity contribution in [3.05, 3.63) is 6.20 Å². The molecular weight excluding hydrogens is 122 g/mol. The Morgan fingerprint density at radius 2 is 2.62 bits per heavy atom. The molecule has 0 fully saturated rings. The Kier molecular flexibility index (Phi) is 1.53. The van der Waals surface area contributed by atoms with Gasteiger partial charge in [-0.2, -0.15) is 0 Å². The minimum atomic E-state index is 0.673. The van der Waals surface area contributed by atoms with Gasteiger partial charge < -0.3 is 0 Å². The average Bonchev–Trinajstić information content (AvgIpc) is 2.14. The standard InChI is InChI=1S/C4H7N3S/c1-2-7-3-4(8)5-6-7/h3,8H,2H2,1H3. The van der Waals surface area contributed by atoms with Crippen molar-refractivity contribution < 1.29 is 0 Å². The Labute approximate surface area is 53.1 Å². The number of aromatic nitrogens is 3. The van der Waals surface area contributed by atoms with E-state index < -0.39 is 0 Å². The van der Waals surface area contributed by atoms with Crippen molar-refractivity contribution in [3.63, 3.8) is 0 Å². The molecule has 1 heterocycles. The molecule has 0 aromatic carbocycles. The summed E-state index contributed by atoms with van der Waals surface area (Å²) in [4.78, 5) is 0. The van der Waals surface area contributed by atoms with Gasteiger partial charge in [-0.25, -0.2) is 0 Å². The lowest BCUT2D eigenvalue weighted by molar-refractivity contribution is 0.626. The highest BCUT2D eigenvalue weighted by Crippen LogP contribution is 1.95. The molecule has 0 saturated heterocycles. The second kappa shape index (κ2) is 2.17. The third kappa shape index (κ3) is 1.01. The van der Waals surface area contributed by atoms with E-state index in [1.165, 1.54) is 0 Å². The van der Waals surface area contributed by atoms with Crippen molar-refractivity contribution in [2.24, 2.45) is 0 Å². The summed E-state index contributed by atoms with van der Waals surface area (Å²) in [6.45, 7) is 2.86. The lowest BCUT2D eigenvalue weighted by Gasteiger charge is -1.85. The van der Waals surface area contributed by atoms with Crippen LogP contribution in [0.2, 0.25) is 0 Å². The molecule has 0 bridgehead atoms. The molecule has 0 amide bonds. The van der Waals surface area contributed by atoms with Crippen LogP contribution in [0, 0.1) is 0 Å². The maximum Gasteiger partial charge on any atom is 0.135 e. The topological polar surface area (TPSA) is 30.7 Å². The summed E-state index contributed by atoms with van der Waals surface area (Å²) in [6.07, 6.45) is 1.78. The van der Waals surface area contributed by atoms with E-state index in [9.17, 15) is 0 Å². The van der Waals surface area contributed by atoms with Gasteiger partial charge in [-0.15, -0.1) is 17.7 Å². The predicted molar refractivity (Wildman–Crippen MR) is 32.9 cm³/mol. The summed E-state index contributed by atoms with van der Waals surface area (Å²) in [5, 5.41) is 8.06. The average molecular weight is 129 g/mol. The van der Waals surface area contributed by atoms with Crippen LogP contribution in [0.5, 0.6) is 0 Å². The molecule has 3 nitrogen and oxygen atoms in total. The first-order valence-corrected chi connectivity index (χ1v) is 2.86. The zero-order chi connectivity index (χ0) is 5.98. The summed E-state index contributed by atoms with van der Waals surface area (Å²) in [7, 11) is 0. The van der Waals surface area contributed by atoms with Crippen LogP contribution in [-0.4, -0.2) is 15.0 Å². The monoisotopic (exact) mass is 129 g/mol. The number of hydrogen-bond donors (Lipinski definition) is 1. The number of hydrogen-bond acceptors (Lipinski definition) is 3. The number of aryl methyl sites for hydroxylation is 1. The molecule has 1 rings (SSSR count). The predicted octanol–water partition coefficient (Wildman–Crippen LogP) is 0.587. The second-order valence-electron chi connectivity index (χ2n) is 1.43. The molecule has 0 spiro atoms. The smallest absolute Gasteiger partial charge is 0.135 e. The summed E-state index contributed by atoms with van der Waals surface area (Å²) in [5.41, 5.74) is 0. The Bertz CT molecular complexity index is 172. The third-order valence-electron chi connectivity index (χ3n) is 0.851. The van der Waals surface area contributed by atoms with E-state index in [1.807, 2.05) is 6.92 Å². The van der Waals surface area contributed by atoms with Gasteiger partial charge in [0.1, 0.15) is 5.03 Å². The quantitative estimate of drug-likeness (QED) is 0.562. The first-order chi connectivity index (χ1) is 3.83. The van der Waals surface area contributed by atoms with Gasteiger partial charge in [0.25, 0.3) is 0 Å². The van der Waals surface area contributed by atoms with Crippen LogP contribution < -0.4 is 0 Å². The van der Waals surface area contributed by atoms with Crippen molar-refractivity contribution in [2.75, 3.05) is 0 Å². The summed E-state index contributed by atoms with van der Waals surface area (Å²) in [5.74, 6) is 0. The number of thiol groups is 1. The van der Waals surface area contributed by atoms with Crippen LogP contribution in [0.25, 0.3) is 0 Å². The Hall–Kier alpha value is -0.510. The van der Waals surface area contributed by atoms with Gasteiger partial charge in [0.2, 0.25) is 0 Å². The van der Waals surface area contributed by atoms with Gasteiger partial charge in [-0.1, -0.05) is 5.21 Å². The van der Waals surface area contributed by atoms with E-state index >= 15 is 0 Å². The van der Waals surface area contributed by atoms with Crippen LogP contribution in [0.4, 0.5) is 0 Å². The van der Waals surface area contributed by atoms with Crippen LogP contribution in [0.3, 0.4) is 0 Å². The fraction of sp³-hybridized carbons (Fsp3) is 0.500. The highest BCUT2D eigenvalue weighted by molar-refractivity contribution is 7.80. The van der Waals surface area contributed by atoms with Crippen molar-refractivity contribution in [2.45, 2.75) is 18.5 Å². The molecule has 1 aromatic heterocycles. The normalized spacial score (nSPS) is 9.75. The van der Waals surface area contributed by atoms with Crippen molar-refractivity contribution >= 4 is 12.6 Å². The number of nitrogens with zero attached hydrogens (tertiary/aromatic N) is 3. The van der Waals surface area contributed by atoms with Gasteiger partial charge in [0.15, 0.2) is 0 Å². The van der Waals surface area contributed by atoms with Crippen molar-refractivity contribution in [3.8, 4) is 0 Å². The molecule has 0 atom stereocenters. The summed E-state index contributed by atoms with van der Waals surface area (Å²) >= 11 is 3.96. The van der Waals surface area contributed by atoms with E-state index in [-0.39, 0.29) is 0 Å². The number of rotatable bonds is 1.